The molecule has 4 heteroatoms. The highest BCUT2D eigenvalue weighted by molar-refractivity contribution is 5.96. The summed E-state index contributed by atoms with van der Waals surface area (Å²) in [6.07, 6.45) is 0. The highest BCUT2D eigenvalue weighted by Crippen LogP contribution is 2.23. The fourth-order valence-corrected chi connectivity index (χ4v) is 1.05. The molecule has 0 radical (unpaired) electrons. The normalized spacial score (nSPS) is 9.64. The predicted octanol–water partition coefficient (Wildman–Crippen LogP) is 1.10. The molecule has 0 saturated heterocycles. The molecule has 1 rings (SSSR count). The third-order valence-electron chi connectivity index (χ3n) is 1.84. The maximum absolute atomic E-state index is 11.5. The molecule has 1 aromatic carbocycles. The van der Waals surface area contributed by atoms with Crippen LogP contribution in [-0.4, -0.2) is 37.1 Å². The van der Waals surface area contributed by atoms with E-state index in [2.05, 4.69) is 0 Å². The third-order valence-corrected chi connectivity index (χ3v) is 1.84. The highest BCUT2D eigenvalue weighted by Gasteiger charge is 2.13. The van der Waals surface area contributed by atoms with Gasteiger partial charge in [0.2, 0.25) is 0 Å². The molecule has 1 aromatic rings. The number of carbonyl (C=O) groups excluding carboxylic acids is 1. The first kappa shape index (κ1) is 10.4. The lowest BCUT2D eigenvalue weighted by molar-refractivity contribution is 0.0824. The van der Waals surface area contributed by atoms with Gasteiger partial charge < -0.3 is 14.7 Å². The molecule has 76 valence electrons. The first-order valence-corrected chi connectivity index (χ1v) is 4.15. The zero-order valence-electron chi connectivity index (χ0n) is 8.44. The molecule has 1 amide bonds. The van der Waals surface area contributed by atoms with Crippen molar-refractivity contribution in [3.8, 4) is 11.5 Å². The van der Waals surface area contributed by atoms with Crippen molar-refractivity contribution in [1.29, 1.82) is 0 Å². The second-order valence-corrected chi connectivity index (χ2v) is 3.08. The molecule has 0 aliphatic heterocycles. The number of methoxy groups -OCH3 is 1. The van der Waals surface area contributed by atoms with Gasteiger partial charge in [-0.05, 0) is 18.2 Å². The van der Waals surface area contributed by atoms with Crippen LogP contribution in [0.2, 0.25) is 0 Å². The van der Waals surface area contributed by atoms with Gasteiger partial charge in [-0.2, -0.15) is 0 Å². The molecule has 0 spiro atoms. The van der Waals surface area contributed by atoms with Crippen LogP contribution in [0.15, 0.2) is 18.2 Å². The van der Waals surface area contributed by atoms with E-state index in [4.69, 9.17) is 4.74 Å². The number of ether oxygens (including phenoxy) is 1. The molecule has 0 saturated carbocycles. The van der Waals surface area contributed by atoms with Gasteiger partial charge in [-0.3, -0.25) is 4.79 Å². The third kappa shape index (κ3) is 1.96. The molecule has 0 heterocycles. The molecule has 4 nitrogen and oxygen atoms in total. The molecule has 0 aliphatic rings. The number of hydrogen-bond donors (Lipinski definition) is 1. The van der Waals surface area contributed by atoms with Gasteiger partial charge >= 0.3 is 0 Å². The van der Waals surface area contributed by atoms with Crippen LogP contribution in [0, 0.1) is 0 Å². The van der Waals surface area contributed by atoms with E-state index in [0.29, 0.717) is 5.75 Å². The van der Waals surface area contributed by atoms with Crippen molar-refractivity contribution in [2.75, 3.05) is 21.2 Å². The number of nitrogens with zero attached hydrogens (tertiary/aromatic N) is 1. The summed E-state index contributed by atoms with van der Waals surface area (Å²) < 4.78 is 4.96. The van der Waals surface area contributed by atoms with Crippen LogP contribution in [0.5, 0.6) is 11.5 Å². The lowest BCUT2D eigenvalue weighted by atomic mass is 10.1. The number of amides is 1. The molecule has 0 aliphatic carbocycles. The number of benzene rings is 1. The van der Waals surface area contributed by atoms with Gasteiger partial charge in [0.25, 0.3) is 5.91 Å². The SMILES string of the molecule is COc1ccc(O)c(C(=O)N(C)C)c1. The lowest BCUT2D eigenvalue weighted by Crippen LogP contribution is -2.21. The van der Waals surface area contributed by atoms with Crippen LogP contribution in [0.1, 0.15) is 10.4 Å². The number of phenolic OH excluding ortho intramolecular Hbond substituents is 1. The Morgan fingerprint density at radius 3 is 2.57 bits per heavy atom. The Morgan fingerprint density at radius 2 is 2.07 bits per heavy atom. The Labute approximate surface area is 82.7 Å². The van der Waals surface area contributed by atoms with E-state index in [1.807, 2.05) is 0 Å². The van der Waals surface area contributed by atoms with Crippen LogP contribution >= 0.6 is 0 Å². The van der Waals surface area contributed by atoms with E-state index in [0.717, 1.165) is 0 Å². The Kier molecular flexibility index (Phi) is 2.96. The molecule has 0 fully saturated rings. The summed E-state index contributed by atoms with van der Waals surface area (Å²) in [7, 11) is 4.76. The molecule has 0 bridgehead atoms. The van der Waals surface area contributed by atoms with Gasteiger partial charge in [0.05, 0.1) is 12.7 Å². The van der Waals surface area contributed by atoms with Crippen molar-refractivity contribution in [2.45, 2.75) is 0 Å². The summed E-state index contributed by atoms with van der Waals surface area (Å²) in [6, 6.07) is 4.55. The Bertz CT molecular complexity index is 347. The summed E-state index contributed by atoms with van der Waals surface area (Å²) in [5.74, 6) is 0.263. The number of phenols is 1. The van der Waals surface area contributed by atoms with E-state index in [1.54, 1.807) is 20.2 Å². The van der Waals surface area contributed by atoms with Crippen LogP contribution < -0.4 is 4.74 Å². The van der Waals surface area contributed by atoms with Gasteiger partial charge in [-0.25, -0.2) is 0 Å². The number of hydrogen-bond acceptors (Lipinski definition) is 3. The van der Waals surface area contributed by atoms with Crippen molar-refractivity contribution < 1.29 is 14.6 Å². The van der Waals surface area contributed by atoms with Gasteiger partial charge in [0, 0.05) is 14.1 Å². The zero-order chi connectivity index (χ0) is 10.7. The summed E-state index contributed by atoms with van der Waals surface area (Å²) in [5.41, 5.74) is 0.245. The van der Waals surface area contributed by atoms with Crippen molar-refractivity contribution in [3.63, 3.8) is 0 Å². The molecular weight excluding hydrogens is 182 g/mol. The van der Waals surface area contributed by atoms with E-state index in [-0.39, 0.29) is 17.2 Å². The summed E-state index contributed by atoms with van der Waals surface area (Å²) in [4.78, 5) is 12.9. The average Bonchev–Trinajstić information content (AvgIpc) is 2.17. The smallest absolute Gasteiger partial charge is 0.257 e. The zero-order valence-corrected chi connectivity index (χ0v) is 8.44. The second-order valence-electron chi connectivity index (χ2n) is 3.08. The van der Waals surface area contributed by atoms with E-state index in [9.17, 15) is 9.90 Å². The summed E-state index contributed by atoms with van der Waals surface area (Å²) in [5, 5.41) is 9.45. The van der Waals surface area contributed by atoms with Crippen LogP contribution in [0.3, 0.4) is 0 Å². The molecule has 14 heavy (non-hydrogen) atoms. The van der Waals surface area contributed by atoms with Crippen LogP contribution in [0.4, 0.5) is 0 Å². The van der Waals surface area contributed by atoms with Crippen LogP contribution in [0.25, 0.3) is 0 Å². The van der Waals surface area contributed by atoms with Crippen molar-refractivity contribution in [2.24, 2.45) is 0 Å². The van der Waals surface area contributed by atoms with E-state index < -0.39 is 0 Å². The number of carbonyl (C=O) groups is 1. The molecular formula is C10H13NO3. The molecule has 1 N–H and O–H groups in total. The minimum atomic E-state index is -0.249. The van der Waals surface area contributed by atoms with Crippen LogP contribution in [-0.2, 0) is 0 Å². The van der Waals surface area contributed by atoms with Crippen molar-refractivity contribution in [1.82, 2.24) is 4.90 Å². The fourth-order valence-electron chi connectivity index (χ4n) is 1.05. The predicted molar refractivity (Wildman–Crippen MR) is 52.7 cm³/mol. The van der Waals surface area contributed by atoms with E-state index >= 15 is 0 Å². The van der Waals surface area contributed by atoms with Crippen molar-refractivity contribution in [3.05, 3.63) is 23.8 Å². The van der Waals surface area contributed by atoms with Gasteiger partial charge in [-0.15, -0.1) is 0 Å². The largest absolute Gasteiger partial charge is 0.507 e. The van der Waals surface area contributed by atoms with Gasteiger partial charge in [0.1, 0.15) is 11.5 Å². The topological polar surface area (TPSA) is 49.8 Å². The Hall–Kier alpha value is -1.71. The van der Waals surface area contributed by atoms with Gasteiger partial charge in [-0.1, -0.05) is 0 Å². The molecule has 0 aromatic heterocycles. The molecule has 0 atom stereocenters. The summed E-state index contributed by atoms with van der Waals surface area (Å²) in [6.45, 7) is 0. The minimum Gasteiger partial charge on any atom is -0.507 e. The van der Waals surface area contributed by atoms with Gasteiger partial charge in [0.15, 0.2) is 0 Å². The number of rotatable bonds is 2. The lowest BCUT2D eigenvalue weighted by Gasteiger charge is -2.12. The second kappa shape index (κ2) is 4.00. The van der Waals surface area contributed by atoms with Crippen molar-refractivity contribution >= 4 is 5.91 Å². The minimum absolute atomic E-state index is 0.0375. The maximum atomic E-state index is 11.5. The van der Waals surface area contributed by atoms with E-state index in [1.165, 1.54) is 24.1 Å². The highest BCUT2D eigenvalue weighted by atomic mass is 16.5. The average molecular weight is 195 g/mol. The summed E-state index contributed by atoms with van der Waals surface area (Å²) >= 11 is 0. The number of aromatic hydroxyl groups is 1. The first-order chi connectivity index (χ1) is 6.56. The standard InChI is InChI=1S/C10H13NO3/c1-11(2)10(13)8-6-7(14-3)4-5-9(8)12/h4-6,12H,1-3H3. The first-order valence-electron chi connectivity index (χ1n) is 4.15. The Balaban J connectivity index is 3.12. The monoisotopic (exact) mass is 195 g/mol. The molecule has 0 unspecified atom stereocenters. The maximum Gasteiger partial charge on any atom is 0.257 e. The fraction of sp³-hybridized carbons (Fsp3) is 0.300. The quantitative estimate of drug-likeness (QED) is 0.768. The Morgan fingerprint density at radius 1 is 1.43 bits per heavy atom.